The van der Waals surface area contributed by atoms with E-state index < -0.39 is 0 Å². The van der Waals surface area contributed by atoms with Gasteiger partial charge in [0.15, 0.2) is 0 Å². The zero-order valence-electron chi connectivity index (χ0n) is 14.3. The van der Waals surface area contributed by atoms with Crippen LogP contribution in [0.4, 0.5) is 0 Å². The first-order valence-electron chi connectivity index (χ1n) is 8.56. The van der Waals surface area contributed by atoms with Gasteiger partial charge in [-0.15, -0.1) is 0 Å². The summed E-state index contributed by atoms with van der Waals surface area (Å²) in [5, 5.41) is 4.09. The third-order valence-electron chi connectivity index (χ3n) is 4.78. The van der Waals surface area contributed by atoms with Crippen LogP contribution in [0.5, 0.6) is 0 Å². The first-order valence-corrected chi connectivity index (χ1v) is 9.35. The zero-order chi connectivity index (χ0) is 18.1. The van der Waals surface area contributed by atoms with Crippen molar-refractivity contribution in [2.24, 2.45) is 0 Å². The van der Waals surface area contributed by atoms with E-state index in [4.69, 9.17) is 4.52 Å². The number of hydrogen-bond donors (Lipinski definition) is 0. The largest absolute Gasteiger partial charge is 0.339 e. The zero-order valence-corrected chi connectivity index (χ0v) is 15.9. The molecule has 26 heavy (non-hydrogen) atoms. The Bertz CT molecular complexity index is 926. The SMILES string of the molecule is CC(c1ccccc1)N1CC(c2nc(-c3cccc(Br)c3)no2)CC1=O. The van der Waals surface area contributed by atoms with Crippen molar-refractivity contribution in [1.29, 1.82) is 0 Å². The summed E-state index contributed by atoms with van der Waals surface area (Å²) >= 11 is 3.45. The Kier molecular flexibility index (Phi) is 4.59. The number of carbonyl (C=O) groups excluding carboxylic acids is 1. The molecule has 2 aromatic carbocycles. The number of amides is 1. The van der Waals surface area contributed by atoms with Crippen LogP contribution in [-0.2, 0) is 4.79 Å². The molecule has 4 rings (SSSR count). The van der Waals surface area contributed by atoms with Crippen LogP contribution in [0, 0.1) is 0 Å². The van der Waals surface area contributed by atoms with Crippen LogP contribution in [0.1, 0.15) is 36.8 Å². The molecule has 1 saturated heterocycles. The number of rotatable bonds is 4. The Balaban J connectivity index is 1.52. The second kappa shape index (κ2) is 7.03. The molecular formula is C20H18BrN3O2. The van der Waals surface area contributed by atoms with Crippen LogP contribution in [0.15, 0.2) is 63.6 Å². The smallest absolute Gasteiger partial charge is 0.232 e. The lowest BCUT2D eigenvalue weighted by molar-refractivity contribution is -0.129. The number of halogens is 1. The minimum Gasteiger partial charge on any atom is -0.339 e. The van der Waals surface area contributed by atoms with E-state index in [2.05, 4.69) is 33.0 Å². The Morgan fingerprint density at radius 3 is 2.77 bits per heavy atom. The van der Waals surface area contributed by atoms with E-state index in [1.165, 1.54) is 0 Å². The molecule has 0 radical (unpaired) electrons. The molecule has 1 amide bonds. The Morgan fingerprint density at radius 1 is 1.19 bits per heavy atom. The highest BCUT2D eigenvalue weighted by molar-refractivity contribution is 9.10. The molecule has 0 spiro atoms. The van der Waals surface area contributed by atoms with E-state index in [0.29, 0.717) is 24.7 Å². The summed E-state index contributed by atoms with van der Waals surface area (Å²) in [5.41, 5.74) is 2.01. The fourth-order valence-electron chi connectivity index (χ4n) is 3.33. The highest BCUT2D eigenvalue weighted by Crippen LogP contribution is 2.34. The lowest BCUT2D eigenvalue weighted by Gasteiger charge is -2.24. The second-order valence-electron chi connectivity index (χ2n) is 6.50. The number of aromatic nitrogens is 2. The van der Waals surface area contributed by atoms with Gasteiger partial charge in [-0.05, 0) is 24.6 Å². The van der Waals surface area contributed by atoms with Crippen molar-refractivity contribution in [2.75, 3.05) is 6.54 Å². The van der Waals surface area contributed by atoms with Crippen LogP contribution < -0.4 is 0 Å². The molecule has 3 aromatic rings. The minimum absolute atomic E-state index is 0.0289. The first kappa shape index (κ1) is 17.0. The summed E-state index contributed by atoms with van der Waals surface area (Å²) in [6.45, 7) is 2.64. The van der Waals surface area contributed by atoms with Gasteiger partial charge in [0.2, 0.25) is 17.6 Å². The lowest BCUT2D eigenvalue weighted by atomic mass is 10.1. The van der Waals surface area contributed by atoms with E-state index in [1.54, 1.807) is 0 Å². The quantitative estimate of drug-likeness (QED) is 0.630. The molecule has 0 aliphatic carbocycles. The molecule has 1 aromatic heterocycles. The van der Waals surface area contributed by atoms with E-state index in [-0.39, 0.29) is 17.9 Å². The third-order valence-corrected chi connectivity index (χ3v) is 5.27. The van der Waals surface area contributed by atoms with Crippen molar-refractivity contribution in [1.82, 2.24) is 15.0 Å². The van der Waals surface area contributed by atoms with Crippen LogP contribution in [-0.4, -0.2) is 27.5 Å². The molecule has 132 valence electrons. The summed E-state index contributed by atoms with van der Waals surface area (Å²) in [7, 11) is 0. The monoisotopic (exact) mass is 411 g/mol. The van der Waals surface area contributed by atoms with E-state index in [1.807, 2.05) is 59.5 Å². The van der Waals surface area contributed by atoms with Crippen molar-refractivity contribution >= 4 is 21.8 Å². The van der Waals surface area contributed by atoms with Crippen molar-refractivity contribution in [3.05, 3.63) is 70.5 Å². The highest BCUT2D eigenvalue weighted by Gasteiger charge is 2.37. The molecule has 0 N–H and O–H groups in total. The van der Waals surface area contributed by atoms with E-state index >= 15 is 0 Å². The van der Waals surface area contributed by atoms with Crippen molar-refractivity contribution in [2.45, 2.75) is 25.3 Å². The number of hydrogen-bond acceptors (Lipinski definition) is 4. The standard InChI is InChI=1S/C20H18BrN3O2/c1-13(14-6-3-2-4-7-14)24-12-16(11-18(24)25)20-22-19(23-26-20)15-8-5-9-17(21)10-15/h2-10,13,16H,11-12H2,1H3. The average molecular weight is 412 g/mol. The van der Waals surface area contributed by atoms with Gasteiger partial charge in [0, 0.05) is 23.0 Å². The Labute approximate surface area is 160 Å². The fourth-order valence-corrected chi connectivity index (χ4v) is 3.73. The molecule has 6 heteroatoms. The Morgan fingerprint density at radius 2 is 2.00 bits per heavy atom. The predicted molar refractivity (Wildman–Crippen MR) is 101 cm³/mol. The maximum atomic E-state index is 12.5. The number of benzene rings is 2. The number of carbonyl (C=O) groups is 1. The van der Waals surface area contributed by atoms with Crippen LogP contribution >= 0.6 is 15.9 Å². The topological polar surface area (TPSA) is 59.2 Å². The Hall–Kier alpha value is -2.47. The number of likely N-dealkylation sites (tertiary alicyclic amines) is 1. The predicted octanol–water partition coefficient (Wildman–Crippen LogP) is 4.58. The molecule has 2 unspecified atom stereocenters. The molecule has 1 aliphatic rings. The molecule has 1 fully saturated rings. The van der Waals surface area contributed by atoms with Crippen molar-refractivity contribution in [3.8, 4) is 11.4 Å². The van der Waals surface area contributed by atoms with Gasteiger partial charge in [0.05, 0.1) is 12.0 Å². The first-order chi connectivity index (χ1) is 12.6. The van der Waals surface area contributed by atoms with Gasteiger partial charge in [-0.25, -0.2) is 0 Å². The summed E-state index contributed by atoms with van der Waals surface area (Å²) in [6.07, 6.45) is 0.400. The highest BCUT2D eigenvalue weighted by atomic mass is 79.9. The minimum atomic E-state index is -0.0675. The lowest BCUT2D eigenvalue weighted by Crippen LogP contribution is -2.28. The van der Waals surface area contributed by atoms with Gasteiger partial charge >= 0.3 is 0 Å². The molecule has 0 bridgehead atoms. The van der Waals surface area contributed by atoms with Gasteiger partial charge in [-0.3, -0.25) is 4.79 Å². The third kappa shape index (κ3) is 3.29. The molecule has 5 nitrogen and oxygen atoms in total. The maximum absolute atomic E-state index is 12.5. The van der Waals surface area contributed by atoms with Crippen LogP contribution in [0.3, 0.4) is 0 Å². The van der Waals surface area contributed by atoms with Crippen LogP contribution in [0.25, 0.3) is 11.4 Å². The number of nitrogens with zero attached hydrogens (tertiary/aromatic N) is 3. The van der Waals surface area contributed by atoms with E-state index in [0.717, 1.165) is 15.6 Å². The summed E-state index contributed by atoms with van der Waals surface area (Å²) < 4.78 is 6.43. The van der Waals surface area contributed by atoms with E-state index in [9.17, 15) is 4.79 Å². The summed E-state index contributed by atoms with van der Waals surface area (Å²) in [6, 6.07) is 17.8. The molecule has 2 heterocycles. The molecular weight excluding hydrogens is 394 g/mol. The normalized spacial score (nSPS) is 18.3. The fraction of sp³-hybridized carbons (Fsp3) is 0.250. The summed E-state index contributed by atoms with van der Waals surface area (Å²) in [5.74, 6) is 1.12. The molecule has 0 saturated carbocycles. The van der Waals surface area contributed by atoms with Gasteiger partial charge in [0.1, 0.15) is 0 Å². The van der Waals surface area contributed by atoms with Crippen molar-refractivity contribution < 1.29 is 9.32 Å². The summed E-state index contributed by atoms with van der Waals surface area (Å²) in [4.78, 5) is 18.9. The van der Waals surface area contributed by atoms with Gasteiger partial charge in [0.25, 0.3) is 0 Å². The van der Waals surface area contributed by atoms with Crippen LogP contribution in [0.2, 0.25) is 0 Å². The van der Waals surface area contributed by atoms with Gasteiger partial charge < -0.3 is 9.42 Å². The second-order valence-corrected chi connectivity index (χ2v) is 7.42. The molecule has 2 atom stereocenters. The van der Waals surface area contributed by atoms with Gasteiger partial charge in [-0.2, -0.15) is 4.98 Å². The van der Waals surface area contributed by atoms with Gasteiger partial charge in [-0.1, -0.05) is 63.6 Å². The molecule has 1 aliphatic heterocycles. The average Bonchev–Trinajstić information content (AvgIpc) is 3.29. The maximum Gasteiger partial charge on any atom is 0.232 e. The van der Waals surface area contributed by atoms with Crippen molar-refractivity contribution in [3.63, 3.8) is 0 Å².